The minimum atomic E-state index is 0.751. The van der Waals surface area contributed by atoms with Crippen molar-refractivity contribution < 1.29 is 4.74 Å². The second-order valence-electron chi connectivity index (χ2n) is 6.20. The molecule has 0 aromatic heterocycles. The fraction of sp³-hybridized carbons (Fsp3) is 1.00. The van der Waals surface area contributed by atoms with Crippen molar-refractivity contribution in [3.05, 3.63) is 0 Å². The number of hydrogen-bond donors (Lipinski definition) is 1. The maximum absolute atomic E-state index is 5.49. The van der Waals surface area contributed by atoms with E-state index < -0.39 is 0 Å². The molecule has 1 unspecified atom stereocenters. The lowest BCUT2D eigenvalue weighted by Gasteiger charge is -2.32. The smallest absolute Gasteiger partial charge is 0.0469 e. The Hall–Kier alpha value is -0.0800. The van der Waals surface area contributed by atoms with Crippen LogP contribution in [-0.2, 0) is 4.74 Å². The fourth-order valence-electron chi connectivity index (χ4n) is 3.78. The summed E-state index contributed by atoms with van der Waals surface area (Å²) in [5, 5.41) is 3.74. The molecule has 2 heteroatoms. The maximum atomic E-state index is 5.49. The van der Waals surface area contributed by atoms with Crippen LogP contribution in [0.4, 0.5) is 0 Å². The standard InChI is InChI=1S/C16H31NO/c1-2-17-16(15-10-12-18-13-11-15)9-8-14-6-4-3-5-7-14/h14-17H,2-13H2,1H3. The van der Waals surface area contributed by atoms with Gasteiger partial charge >= 0.3 is 0 Å². The average molecular weight is 253 g/mol. The Kier molecular flexibility index (Phi) is 6.50. The molecule has 1 heterocycles. The van der Waals surface area contributed by atoms with E-state index >= 15 is 0 Å². The van der Waals surface area contributed by atoms with Crippen LogP contribution in [0.1, 0.15) is 64.7 Å². The number of nitrogens with one attached hydrogen (secondary N) is 1. The molecule has 1 atom stereocenters. The average Bonchev–Trinajstić information content (AvgIpc) is 2.45. The van der Waals surface area contributed by atoms with Crippen LogP contribution in [0.25, 0.3) is 0 Å². The zero-order chi connectivity index (χ0) is 12.6. The van der Waals surface area contributed by atoms with E-state index in [1.165, 1.54) is 57.8 Å². The number of rotatable bonds is 6. The number of ether oxygens (including phenoxy) is 1. The van der Waals surface area contributed by atoms with Gasteiger partial charge in [-0.05, 0) is 44.1 Å². The number of hydrogen-bond acceptors (Lipinski definition) is 2. The lowest BCUT2D eigenvalue weighted by Crippen LogP contribution is -2.39. The van der Waals surface area contributed by atoms with Gasteiger partial charge in [0.05, 0.1) is 0 Å². The van der Waals surface area contributed by atoms with Crippen LogP contribution in [0.2, 0.25) is 0 Å². The van der Waals surface area contributed by atoms with Crippen LogP contribution < -0.4 is 5.32 Å². The molecule has 1 aliphatic carbocycles. The Morgan fingerprint density at radius 3 is 2.44 bits per heavy atom. The summed E-state index contributed by atoms with van der Waals surface area (Å²) in [6.07, 6.45) is 12.8. The zero-order valence-electron chi connectivity index (χ0n) is 12.1. The van der Waals surface area contributed by atoms with Crippen molar-refractivity contribution >= 4 is 0 Å². The van der Waals surface area contributed by atoms with Gasteiger partial charge in [0.1, 0.15) is 0 Å². The van der Waals surface area contributed by atoms with E-state index in [2.05, 4.69) is 12.2 Å². The van der Waals surface area contributed by atoms with Crippen molar-refractivity contribution in [2.45, 2.75) is 70.8 Å². The van der Waals surface area contributed by atoms with Gasteiger partial charge in [0.15, 0.2) is 0 Å². The van der Waals surface area contributed by atoms with Crippen LogP contribution in [0.3, 0.4) is 0 Å². The molecule has 106 valence electrons. The molecule has 1 saturated carbocycles. The summed E-state index contributed by atoms with van der Waals surface area (Å²) in [4.78, 5) is 0. The second-order valence-corrected chi connectivity index (χ2v) is 6.20. The molecule has 1 aliphatic heterocycles. The van der Waals surface area contributed by atoms with Gasteiger partial charge in [0.25, 0.3) is 0 Å². The topological polar surface area (TPSA) is 21.3 Å². The van der Waals surface area contributed by atoms with Crippen LogP contribution in [0.15, 0.2) is 0 Å². The summed E-state index contributed by atoms with van der Waals surface area (Å²) >= 11 is 0. The third-order valence-corrected chi connectivity index (χ3v) is 4.91. The van der Waals surface area contributed by atoms with E-state index in [4.69, 9.17) is 4.74 Å². The molecule has 0 aromatic carbocycles. The Morgan fingerprint density at radius 1 is 1.06 bits per heavy atom. The molecular weight excluding hydrogens is 222 g/mol. The summed E-state index contributed by atoms with van der Waals surface area (Å²) < 4.78 is 5.49. The first-order valence-corrected chi connectivity index (χ1v) is 8.21. The Bertz CT molecular complexity index is 207. The summed E-state index contributed by atoms with van der Waals surface area (Å²) in [5.41, 5.74) is 0. The first kappa shape index (κ1) is 14.3. The van der Waals surface area contributed by atoms with E-state index in [1.54, 1.807) is 0 Å². The van der Waals surface area contributed by atoms with Gasteiger partial charge in [-0.1, -0.05) is 39.0 Å². The summed E-state index contributed by atoms with van der Waals surface area (Å²) in [6.45, 7) is 5.33. The van der Waals surface area contributed by atoms with E-state index in [-0.39, 0.29) is 0 Å². The van der Waals surface area contributed by atoms with Gasteiger partial charge in [-0.15, -0.1) is 0 Å². The van der Waals surface area contributed by atoms with Gasteiger partial charge in [-0.2, -0.15) is 0 Å². The van der Waals surface area contributed by atoms with Crippen molar-refractivity contribution in [1.82, 2.24) is 5.32 Å². The van der Waals surface area contributed by atoms with Gasteiger partial charge < -0.3 is 10.1 Å². The van der Waals surface area contributed by atoms with Crippen LogP contribution in [-0.4, -0.2) is 25.8 Å². The second kappa shape index (κ2) is 8.16. The molecule has 2 fully saturated rings. The lowest BCUT2D eigenvalue weighted by atomic mass is 9.82. The first-order valence-electron chi connectivity index (χ1n) is 8.21. The SMILES string of the molecule is CCNC(CCC1CCCCC1)C1CCOCC1. The Balaban J connectivity index is 1.73. The van der Waals surface area contributed by atoms with Crippen LogP contribution in [0.5, 0.6) is 0 Å². The fourth-order valence-corrected chi connectivity index (χ4v) is 3.78. The van der Waals surface area contributed by atoms with Crippen LogP contribution >= 0.6 is 0 Å². The molecule has 1 N–H and O–H groups in total. The predicted octanol–water partition coefficient (Wildman–Crippen LogP) is 3.75. The molecule has 0 aromatic rings. The van der Waals surface area contributed by atoms with E-state index in [1.807, 2.05) is 0 Å². The third-order valence-electron chi connectivity index (χ3n) is 4.91. The predicted molar refractivity (Wildman–Crippen MR) is 76.8 cm³/mol. The molecule has 0 amide bonds. The maximum Gasteiger partial charge on any atom is 0.0469 e. The Labute approximate surface area is 113 Å². The monoisotopic (exact) mass is 253 g/mol. The third kappa shape index (κ3) is 4.55. The lowest BCUT2D eigenvalue weighted by molar-refractivity contribution is 0.0516. The molecule has 0 radical (unpaired) electrons. The van der Waals surface area contributed by atoms with Crippen molar-refractivity contribution in [3.8, 4) is 0 Å². The summed E-state index contributed by atoms with van der Waals surface area (Å²) in [6, 6.07) is 0.751. The van der Waals surface area contributed by atoms with Crippen LogP contribution in [0, 0.1) is 11.8 Å². The summed E-state index contributed by atoms with van der Waals surface area (Å²) in [5.74, 6) is 1.89. The molecular formula is C16H31NO. The van der Waals surface area contributed by atoms with Gasteiger partial charge in [-0.3, -0.25) is 0 Å². The molecule has 2 rings (SSSR count). The molecule has 2 nitrogen and oxygen atoms in total. The van der Waals surface area contributed by atoms with Crippen molar-refractivity contribution in [3.63, 3.8) is 0 Å². The molecule has 1 saturated heterocycles. The van der Waals surface area contributed by atoms with Crippen molar-refractivity contribution in [2.24, 2.45) is 11.8 Å². The van der Waals surface area contributed by atoms with E-state index in [9.17, 15) is 0 Å². The minimum Gasteiger partial charge on any atom is -0.381 e. The van der Waals surface area contributed by atoms with Gasteiger partial charge in [0, 0.05) is 19.3 Å². The molecule has 0 bridgehead atoms. The quantitative estimate of drug-likeness (QED) is 0.778. The van der Waals surface area contributed by atoms with Crippen molar-refractivity contribution in [1.29, 1.82) is 0 Å². The normalized spacial score (nSPS) is 25.2. The van der Waals surface area contributed by atoms with Gasteiger partial charge in [0.2, 0.25) is 0 Å². The zero-order valence-corrected chi connectivity index (χ0v) is 12.1. The highest BCUT2D eigenvalue weighted by Crippen LogP contribution is 2.30. The molecule has 18 heavy (non-hydrogen) atoms. The largest absolute Gasteiger partial charge is 0.381 e. The van der Waals surface area contributed by atoms with Gasteiger partial charge in [-0.25, -0.2) is 0 Å². The van der Waals surface area contributed by atoms with E-state index in [0.29, 0.717) is 0 Å². The highest BCUT2D eigenvalue weighted by Gasteiger charge is 2.24. The van der Waals surface area contributed by atoms with E-state index in [0.717, 1.165) is 37.6 Å². The van der Waals surface area contributed by atoms with Crippen molar-refractivity contribution in [2.75, 3.05) is 19.8 Å². The molecule has 0 spiro atoms. The minimum absolute atomic E-state index is 0.751. The highest BCUT2D eigenvalue weighted by atomic mass is 16.5. The Morgan fingerprint density at radius 2 is 1.78 bits per heavy atom. The summed E-state index contributed by atoms with van der Waals surface area (Å²) in [7, 11) is 0. The first-order chi connectivity index (χ1) is 8.90. The highest BCUT2D eigenvalue weighted by molar-refractivity contribution is 4.80. The molecule has 2 aliphatic rings.